The zero-order chi connectivity index (χ0) is 19.4. The molecule has 0 N–H and O–H groups in total. The van der Waals surface area contributed by atoms with Gasteiger partial charge in [0, 0.05) is 42.1 Å². The molecule has 0 bridgehead atoms. The minimum atomic E-state index is -2.57. The minimum Gasteiger partial charge on any atom is -0.458 e. The van der Waals surface area contributed by atoms with E-state index in [0.29, 0.717) is 30.2 Å². The maximum atomic E-state index is 12.6. The molecule has 0 amide bonds. The van der Waals surface area contributed by atoms with E-state index in [0.717, 1.165) is 30.1 Å². The lowest BCUT2D eigenvalue weighted by molar-refractivity contribution is 0.0247. The number of carbonyl (C=O) groups excluding carboxylic acids is 2. The summed E-state index contributed by atoms with van der Waals surface area (Å²) in [6, 6.07) is 8.97. The third-order valence-corrected chi connectivity index (χ3v) is 6.18. The highest BCUT2D eigenvalue weighted by Crippen LogP contribution is 2.33. The third kappa shape index (κ3) is 5.07. The number of thiophene rings is 1. The molecular weight excluding hydrogens is 392 g/mol. The van der Waals surface area contributed by atoms with Crippen LogP contribution in [0.4, 0.5) is 14.5 Å². The average Bonchev–Trinajstić information content (AvgIpc) is 3.10. The van der Waals surface area contributed by atoms with E-state index in [2.05, 4.69) is 4.90 Å². The number of esters is 1. The molecule has 4 nitrogen and oxygen atoms in total. The van der Waals surface area contributed by atoms with Crippen LogP contribution in [0.1, 0.15) is 39.8 Å². The van der Waals surface area contributed by atoms with E-state index in [4.69, 9.17) is 4.74 Å². The molecule has 2 aromatic rings. The van der Waals surface area contributed by atoms with Gasteiger partial charge in [0.1, 0.15) is 11.0 Å². The van der Waals surface area contributed by atoms with Gasteiger partial charge in [-0.25, -0.2) is 4.79 Å². The van der Waals surface area contributed by atoms with Gasteiger partial charge in [-0.3, -0.25) is 4.79 Å². The van der Waals surface area contributed by atoms with Gasteiger partial charge in [0.05, 0.1) is 0 Å². The fourth-order valence-corrected chi connectivity index (χ4v) is 4.55. The van der Waals surface area contributed by atoms with Gasteiger partial charge in [0.2, 0.25) is 0 Å². The maximum Gasteiger partial charge on any atom is 0.349 e. The number of piperidine rings is 1. The molecule has 0 unspecified atom stereocenters. The summed E-state index contributed by atoms with van der Waals surface area (Å²) in [6.07, 6.45) is 1.11. The van der Waals surface area contributed by atoms with Gasteiger partial charge in [-0.2, -0.15) is 8.78 Å². The fourth-order valence-electron chi connectivity index (χ4n) is 2.98. The predicted molar refractivity (Wildman–Crippen MR) is 103 cm³/mol. The molecule has 0 atom stereocenters. The number of hydrogen-bond acceptors (Lipinski definition) is 6. The van der Waals surface area contributed by atoms with Crippen LogP contribution in [0.3, 0.4) is 0 Å². The second-order valence-electron chi connectivity index (χ2n) is 6.19. The molecule has 1 saturated heterocycles. The quantitative estimate of drug-likeness (QED) is 0.376. The molecule has 1 aliphatic heterocycles. The van der Waals surface area contributed by atoms with Gasteiger partial charge in [-0.15, -0.1) is 11.3 Å². The molecule has 1 aliphatic rings. The number of halogens is 2. The van der Waals surface area contributed by atoms with E-state index in [1.165, 1.54) is 13.0 Å². The lowest BCUT2D eigenvalue weighted by Gasteiger charge is -2.33. The van der Waals surface area contributed by atoms with Gasteiger partial charge in [0.25, 0.3) is 5.76 Å². The smallest absolute Gasteiger partial charge is 0.349 e. The standard InChI is InChI=1S/C19H19F2NO3S2/c1-12(23)13-2-4-14(5-3-13)22-9-6-15(7-10-22)25-18(24)17-16(8-11-26-17)27-19(20)21/h2-5,8,11,15,19H,6-7,9-10H2,1H3. The summed E-state index contributed by atoms with van der Waals surface area (Å²) in [7, 11) is 0. The number of nitrogens with zero attached hydrogens (tertiary/aromatic N) is 1. The molecule has 0 spiro atoms. The lowest BCUT2D eigenvalue weighted by Crippen LogP contribution is -2.37. The molecule has 1 fully saturated rings. The highest BCUT2D eigenvalue weighted by molar-refractivity contribution is 7.99. The van der Waals surface area contributed by atoms with Crippen LogP contribution >= 0.6 is 23.1 Å². The second kappa shape index (κ2) is 8.84. The van der Waals surface area contributed by atoms with Crippen LogP contribution in [0.15, 0.2) is 40.6 Å². The molecule has 2 heterocycles. The topological polar surface area (TPSA) is 46.6 Å². The number of thioether (sulfide) groups is 1. The Morgan fingerprint density at radius 1 is 1.19 bits per heavy atom. The molecular formula is C19H19F2NO3S2. The van der Waals surface area contributed by atoms with Crippen molar-refractivity contribution in [2.75, 3.05) is 18.0 Å². The lowest BCUT2D eigenvalue weighted by atomic mass is 10.1. The number of ether oxygens (including phenoxy) is 1. The van der Waals surface area contributed by atoms with Crippen molar-refractivity contribution >= 4 is 40.5 Å². The molecule has 0 saturated carbocycles. The number of anilines is 1. The SMILES string of the molecule is CC(=O)c1ccc(N2CCC(OC(=O)c3sccc3SC(F)F)CC2)cc1. The van der Waals surface area contributed by atoms with Crippen molar-refractivity contribution in [2.24, 2.45) is 0 Å². The van der Waals surface area contributed by atoms with Crippen molar-refractivity contribution in [1.29, 1.82) is 0 Å². The first-order valence-electron chi connectivity index (χ1n) is 8.53. The van der Waals surface area contributed by atoms with Crippen LogP contribution in [-0.2, 0) is 4.74 Å². The Morgan fingerprint density at radius 3 is 2.44 bits per heavy atom. The number of ketones is 1. The minimum absolute atomic E-state index is 0.0325. The highest BCUT2D eigenvalue weighted by Gasteiger charge is 2.25. The Labute approximate surface area is 164 Å². The van der Waals surface area contributed by atoms with Crippen LogP contribution in [-0.4, -0.2) is 36.7 Å². The summed E-state index contributed by atoms with van der Waals surface area (Å²) < 4.78 is 30.7. The predicted octanol–water partition coefficient (Wildman–Crippen LogP) is 5.09. The van der Waals surface area contributed by atoms with E-state index in [-0.39, 0.29) is 21.7 Å². The van der Waals surface area contributed by atoms with Gasteiger partial charge in [-0.05, 0) is 42.6 Å². The molecule has 27 heavy (non-hydrogen) atoms. The van der Waals surface area contributed by atoms with Crippen molar-refractivity contribution in [3.8, 4) is 0 Å². The van der Waals surface area contributed by atoms with E-state index in [1.807, 2.05) is 24.3 Å². The van der Waals surface area contributed by atoms with Crippen molar-refractivity contribution in [3.63, 3.8) is 0 Å². The van der Waals surface area contributed by atoms with Crippen molar-refractivity contribution in [1.82, 2.24) is 0 Å². The van der Waals surface area contributed by atoms with Crippen LogP contribution in [0.25, 0.3) is 0 Å². The Balaban J connectivity index is 1.54. The number of hydrogen-bond donors (Lipinski definition) is 0. The van der Waals surface area contributed by atoms with Gasteiger partial charge < -0.3 is 9.64 Å². The summed E-state index contributed by atoms with van der Waals surface area (Å²) >= 11 is 1.49. The van der Waals surface area contributed by atoms with Crippen LogP contribution < -0.4 is 4.90 Å². The van der Waals surface area contributed by atoms with Gasteiger partial charge in [-0.1, -0.05) is 11.8 Å². The number of benzene rings is 1. The molecule has 0 aliphatic carbocycles. The molecule has 1 aromatic carbocycles. The maximum absolute atomic E-state index is 12.6. The van der Waals surface area contributed by atoms with Crippen molar-refractivity contribution in [3.05, 3.63) is 46.2 Å². The van der Waals surface area contributed by atoms with Crippen LogP contribution in [0, 0.1) is 0 Å². The van der Waals surface area contributed by atoms with Gasteiger partial charge in [0.15, 0.2) is 5.78 Å². The Hall–Kier alpha value is -1.93. The number of rotatable bonds is 6. The molecule has 144 valence electrons. The Bertz CT molecular complexity index is 800. The summed E-state index contributed by atoms with van der Waals surface area (Å²) in [6.45, 7) is 2.98. The first-order valence-corrected chi connectivity index (χ1v) is 10.3. The van der Waals surface area contributed by atoms with E-state index in [9.17, 15) is 18.4 Å². The monoisotopic (exact) mass is 411 g/mol. The van der Waals surface area contributed by atoms with Gasteiger partial charge >= 0.3 is 5.97 Å². The third-order valence-electron chi connectivity index (χ3n) is 4.39. The second-order valence-corrected chi connectivity index (χ2v) is 8.14. The first-order chi connectivity index (χ1) is 12.9. The molecule has 1 aromatic heterocycles. The summed E-state index contributed by atoms with van der Waals surface area (Å²) in [5.74, 6) is -3.06. The highest BCUT2D eigenvalue weighted by atomic mass is 32.2. The number of carbonyl (C=O) groups is 2. The van der Waals surface area contributed by atoms with E-state index >= 15 is 0 Å². The summed E-state index contributed by atoms with van der Waals surface area (Å²) in [5.41, 5.74) is 1.70. The number of alkyl halides is 2. The van der Waals surface area contributed by atoms with Crippen LogP contribution in [0.2, 0.25) is 0 Å². The number of Topliss-reactive ketones (excluding diaryl/α,β-unsaturated/α-hetero) is 1. The zero-order valence-electron chi connectivity index (χ0n) is 14.7. The molecule has 3 rings (SSSR count). The van der Waals surface area contributed by atoms with Crippen molar-refractivity contribution < 1.29 is 23.1 Å². The van der Waals surface area contributed by atoms with Crippen LogP contribution in [0.5, 0.6) is 0 Å². The first kappa shape index (κ1) is 19.8. The summed E-state index contributed by atoms with van der Waals surface area (Å²) in [4.78, 5) is 26.4. The summed E-state index contributed by atoms with van der Waals surface area (Å²) in [5, 5.41) is 1.62. The fraction of sp³-hybridized carbons (Fsp3) is 0.368. The van der Waals surface area contributed by atoms with Crippen molar-refractivity contribution in [2.45, 2.75) is 36.5 Å². The molecule has 8 heteroatoms. The average molecular weight is 411 g/mol. The largest absolute Gasteiger partial charge is 0.458 e. The Morgan fingerprint density at radius 2 is 1.85 bits per heavy atom. The molecule has 0 radical (unpaired) electrons. The van der Waals surface area contributed by atoms with E-state index in [1.54, 1.807) is 5.38 Å². The van der Waals surface area contributed by atoms with E-state index < -0.39 is 11.7 Å². The zero-order valence-corrected chi connectivity index (χ0v) is 16.3. The normalized spacial score (nSPS) is 15.2. The Kier molecular flexibility index (Phi) is 6.49.